The number of aliphatic hydroxyl groups excluding tert-OH is 1. The van der Waals surface area contributed by atoms with Crippen LogP contribution in [0.25, 0.3) is 0 Å². The van der Waals surface area contributed by atoms with E-state index in [0.717, 1.165) is 12.1 Å². The van der Waals surface area contributed by atoms with Gasteiger partial charge in [-0.1, -0.05) is 17.7 Å². The molecule has 0 aliphatic heterocycles. The SMILES string of the molecule is CCOC(=O)C(O)c1ccc(C(F)(F)F)cc1Cl. The fourth-order valence-corrected chi connectivity index (χ4v) is 1.56. The number of hydrogen-bond acceptors (Lipinski definition) is 3. The Balaban J connectivity index is 3.02. The summed E-state index contributed by atoms with van der Waals surface area (Å²) in [5, 5.41) is 9.21. The van der Waals surface area contributed by atoms with Crippen LogP contribution in [0.3, 0.4) is 0 Å². The first-order chi connectivity index (χ1) is 8.27. The number of esters is 1. The van der Waals surface area contributed by atoms with Crippen molar-refractivity contribution >= 4 is 17.6 Å². The Morgan fingerprint density at radius 2 is 2.11 bits per heavy atom. The van der Waals surface area contributed by atoms with Crippen LogP contribution >= 0.6 is 11.6 Å². The fraction of sp³-hybridized carbons (Fsp3) is 0.364. The summed E-state index contributed by atoms with van der Waals surface area (Å²) in [5.41, 5.74) is -1.07. The van der Waals surface area contributed by atoms with Crippen molar-refractivity contribution in [3.63, 3.8) is 0 Å². The Kier molecular flexibility index (Phi) is 4.59. The first-order valence-electron chi connectivity index (χ1n) is 4.98. The molecule has 1 N–H and O–H groups in total. The van der Waals surface area contributed by atoms with Crippen molar-refractivity contribution in [1.29, 1.82) is 0 Å². The largest absolute Gasteiger partial charge is 0.464 e. The van der Waals surface area contributed by atoms with E-state index in [2.05, 4.69) is 4.74 Å². The van der Waals surface area contributed by atoms with Gasteiger partial charge in [-0.15, -0.1) is 0 Å². The van der Waals surface area contributed by atoms with Gasteiger partial charge in [0.2, 0.25) is 0 Å². The van der Waals surface area contributed by atoms with Gasteiger partial charge in [0.25, 0.3) is 0 Å². The molecule has 0 aliphatic carbocycles. The molecule has 0 aliphatic rings. The van der Waals surface area contributed by atoms with E-state index >= 15 is 0 Å². The number of ether oxygens (including phenoxy) is 1. The molecule has 1 aromatic carbocycles. The highest BCUT2D eigenvalue weighted by Crippen LogP contribution is 2.33. The van der Waals surface area contributed by atoms with Crippen molar-refractivity contribution < 1.29 is 27.8 Å². The standard InChI is InChI=1S/C11H10ClF3O3/c1-2-18-10(17)9(16)7-4-3-6(5-8(7)12)11(13,14)15/h3-5,9,16H,2H2,1H3. The molecule has 1 unspecified atom stereocenters. The second-order valence-electron chi connectivity index (χ2n) is 3.39. The number of halogens is 4. The zero-order valence-electron chi connectivity index (χ0n) is 9.29. The molecule has 1 rings (SSSR count). The minimum atomic E-state index is -4.53. The van der Waals surface area contributed by atoms with Gasteiger partial charge in [-0.25, -0.2) is 4.79 Å². The summed E-state index contributed by atoms with van der Waals surface area (Å²) in [4.78, 5) is 11.2. The molecule has 0 amide bonds. The lowest BCUT2D eigenvalue weighted by Crippen LogP contribution is -2.16. The average Bonchev–Trinajstić information content (AvgIpc) is 2.27. The van der Waals surface area contributed by atoms with Gasteiger partial charge < -0.3 is 9.84 Å². The van der Waals surface area contributed by atoms with Crippen molar-refractivity contribution in [2.45, 2.75) is 19.2 Å². The van der Waals surface area contributed by atoms with Gasteiger partial charge in [-0.2, -0.15) is 13.2 Å². The molecule has 0 saturated carbocycles. The van der Waals surface area contributed by atoms with Gasteiger partial charge in [0.15, 0.2) is 6.10 Å². The summed E-state index contributed by atoms with van der Waals surface area (Å²) in [5.74, 6) is -0.959. The number of hydrogen-bond donors (Lipinski definition) is 1. The molecule has 0 heterocycles. The normalized spacial score (nSPS) is 13.2. The smallest absolute Gasteiger partial charge is 0.416 e. The molecule has 7 heteroatoms. The van der Waals surface area contributed by atoms with Crippen LogP contribution in [0.4, 0.5) is 13.2 Å². The van der Waals surface area contributed by atoms with Gasteiger partial charge in [-0.3, -0.25) is 0 Å². The fourth-order valence-electron chi connectivity index (χ4n) is 1.27. The lowest BCUT2D eigenvalue weighted by Gasteiger charge is -2.13. The highest BCUT2D eigenvalue weighted by atomic mass is 35.5. The Bertz CT molecular complexity index is 446. The molecule has 0 aromatic heterocycles. The molecule has 0 spiro atoms. The van der Waals surface area contributed by atoms with Gasteiger partial charge >= 0.3 is 12.1 Å². The molecule has 100 valence electrons. The van der Waals surface area contributed by atoms with Crippen LogP contribution in [-0.2, 0) is 15.7 Å². The molecule has 1 aromatic rings. The quantitative estimate of drug-likeness (QED) is 0.867. The van der Waals surface area contributed by atoms with Gasteiger partial charge in [-0.05, 0) is 19.1 Å². The van der Waals surface area contributed by atoms with Crippen molar-refractivity contribution in [1.82, 2.24) is 0 Å². The van der Waals surface area contributed by atoms with E-state index in [1.807, 2.05) is 0 Å². The minimum absolute atomic E-state index is 0.0497. The number of aliphatic hydroxyl groups is 1. The lowest BCUT2D eigenvalue weighted by molar-refractivity contribution is -0.153. The van der Waals surface area contributed by atoms with Crippen LogP contribution in [-0.4, -0.2) is 17.7 Å². The predicted octanol–water partition coefficient (Wildman–Crippen LogP) is 2.96. The Morgan fingerprint density at radius 1 is 1.50 bits per heavy atom. The molecule has 18 heavy (non-hydrogen) atoms. The summed E-state index contributed by atoms with van der Waals surface area (Å²) in [6.45, 7) is 1.59. The van der Waals surface area contributed by atoms with E-state index in [9.17, 15) is 23.1 Å². The summed E-state index contributed by atoms with van der Waals surface area (Å²) in [6, 6.07) is 2.34. The maximum absolute atomic E-state index is 12.4. The summed E-state index contributed by atoms with van der Waals surface area (Å²) in [6.07, 6.45) is -6.23. The zero-order chi connectivity index (χ0) is 13.9. The molecular formula is C11H10ClF3O3. The van der Waals surface area contributed by atoms with Crippen molar-refractivity contribution in [3.8, 4) is 0 Å². The third kappa shape index (κ3) is 3.36. The maximum Gasteiger partial charge on any atom is 0.416 e. The zero-order valence-corrected chi connectivity index (χ0v) is 10.0. The van der Waals surface area contributed by atoms with Crippen LogP contribution in [0, 0.1) is 0 Å². The molecule has 1 atom stereocenters. The Labute approximate surface area is 106 Å². The number of carbonyl (C=O) groups excluding carboxylic acids is 1. The van der Waals surface area contributed by atoms with Crippen molar-refractivity contribution in [2.75, 3.05) is 6.61 Å². The highest BCUT2D eigenvalue weighted by Gasteiger charge is 2.32. The van der Waals surface area contributed by atoms with Gasteiger partial charge in [0.1, 0.15) is 0 Å². The van der Waals surface area contributed by atoms with Crippen molar-refractivity contribution in [3.05, 3.63) is 34.3 Å². The van der Waals surface area contributed by atoms with Crippen molar-refractivity contribution in [2.24, 2.45) is 0 Å². The second-order valence-corrected chi connectivity index (χ2v) is 3.80. The van der Waals surface area contributed by atoms with Crippen LogP contribution in [0.1, 0.15) is 24.2 Å². The molecule has 0 saturated heterocycles. The summed E-state index contributed by atoms with van der Waals surface area (Å²) >= 11 is 5.61. The molecule has 0 fully saturated rings. The minimum Gasteiger partial charge on any atom is -0.464 e. The average molecular weight is 283 g/mol. The van der Waals surface area contributed by atoms with E-state index in [-0.39, 0.29) is 17.2 Å². The molecule has 0 bridgehead atoms. The number of alkyl halides is 3. The van der Waals surface area contributed by atoms with E-state index in [4.69, 9.17) is 11.6 Å². The predicted molar refractivity (Wildman–Crippen MR) is 58.0 cm³/mol. The first-order valence-corrected chi connectivity index (χ1v) is 5.36. The van der Waals surface area contributed by atoms with Gasteiger partial charge in [0.05, 0.1) is 12.2 Å². The van der Waals surface area contributed by atoms with Crippen LogP contribution in [0.15, 0.2) is 18.2 Å². The van der Waals surface area contributed by atoms with Crippen LogP contribution < -0.4 is 0 Å². The number of benzene rings is 1. The highest BCUT2D eigenvalue weighted by molar-refractivity contribution is 6.31. The van der Waals surface area contributed by atoms with E-state index in [1.54, 1.807) is 6.92 Å². The second kappa shape index (κ2) is 5.58. The van der Waals surface area contributed by atoms with E-state index < -0.39 is 23.8 Å². The monoisotopic (exact) mass is 282 g/mol. The Morgan fingerprint density at radius 3 is 2.56 bits per heavy atom. The molecule has 3 nitrogen and oxygen atoms in total. The third-order valence-electron chi connectivity index (χ3n) is 2.13. The lowest BCUT2D eigenvalue weighted by atomic mass is 10.1. The molecule has 0 radical (unpaired) electrons. The van der Waals surface area contributed by atoms with Crippen LogP contribution in [0.2, 0.25) is 5.02 Å². The van der Waals surface area contributed by atoms with E-state index in [0.29, 0.717) is 6.07 Å². The van der Waals surface area contributed by atoms with Crippen LogP contribution in [0.5, 0.6) is 0 Å². The topological polar surface area (TPSA) is 46.5 Å². The van der Waals surface area contributed by atoms with E-state index in [1.165, 1.54) is 0 Å². The maximum atomic E-state index is 12.4. The Hall–Kier alpha value is -1.27. The third-order valence-corrected chi connectivity index (χ3v) is 2.46. The van der Waals surface area contributed by atoms with Gasteiger partial charge in [0, 0.05) is 10.6 Å². The molecular weight excluding hydrogens is 273 g/mol. The first kappa shape index (κ1) is 14.8. The summed E-state index contributed by atoms with van der Waals surface area (Å²) < 4.78 is 41.6. The number of rotatable bonds is 3. The summed E-state index contributed by atoms with van der Waals surface area (Å²) in [7, 11) is 0. The number of carbonyl (C=O) groups is 1.